The van der Waals surface area contributed by atoms with Gasteiger partial charge >= 0.3 is 0 Å². The molecule has 0 aliphatic carbocycles. The van der Waals surface area contributed by atoms with Crippen molar-refractivity contribution < 1.29 is 0 Å². The fraction of sp³-hybridized carbons (Fsp3) is 0.250. The fourth-order valence-corrected chi connectivity index (χ4v) is 1.61. The Morgan fingerprint density at radius 1 is 1.58 bits per heavy atom. The van der Waals surface area contributed by atoms with Gasteiger partial charge in [0.1, 0.15) is 0 Å². The zero-order chi connectivity index (χ0) is 8.55. The van der Waals surface area contributed by atoms with Crippen molar-refractivity contribution in [3.8, 4) is 0 Å². The van der Waals surface area contributed by atoms with Gasteiger partial charge in [0.25, 0.3) is 0 Å². The molecule has 1 aromatic rings. The van der Waals surface area contributed by atoms with Crippen LogP contribution in [0.3, 0.4) is 0 Å². The maximum atomic E-state index is 5.48. The van der Waals surface area contributed by atoms with Crippen molar-refractivity contribution >= 4 is 27.5 Å². The molecule has 12 heavy (non-hydrogen) atoms. The van der Waals surface area contributed by atoms with Crippen LogP contribution in [0.4, 0.5) is 5.82 Å². The molecule has 0 unspecified atom stereocenters. The van der Waals surface area contributed by atoms with Crippen molar-refractivity contribution in [3.63, 3.8) is 0 Å². The summed E-state index contributed by atoms with van der Waals surface area (Å²) >= 11 is 3.36. The molecule has 2 N–H and O–H groups in total. The highest BCUT2D eigenvalue weighted by atomic mass is 79.9. The van der Waals surface area contributed by atoms with Gasteiger partial charge < -0.3 is 5.73 Å². The van der Waals surface area contributed by atoms with E-state index in [1.165, 1.54) is 0 Å². The molecular formula is C8H8BrN3. The molecule has 0 bridgehead atoms. The summed E-state index contributed by atoms with van der Waals surface area (Å²) in [4.78, 5) is 8.44. The van der Waals surface area contributed by atoms with Gasteiger partial charge in [0.05, 0.1) is 0 Å². The first-order valence-electron chi connectivity index (χ1n) is 3.70. The summed E-state index contributed by atoms with van der Waals surface area (Å²) in [5.41, 5.74) is 7.65. The molecule has 1 aromatic heterocycles. The van der Waals surface area contributed by atoms with Crippen molar-refractivity contribution in [1.82, 2.24) is 4.98 Å². The van der Waals surface area contributed by atoms with E-state index in [9.17, 15) is 0 Å². The van der Waals surface area contributed by atoms with E-state index in [0.29, 0.717) is 6.54 Å². The molecular weight excluding hydrogens is 218 g/mol. The summed E-state index contributed by atoms with van der Waals surface area (Å²) in [5.74, 6) is 0.818. The van der Waals surface area contributed by atoms with Gasteiger partial charge in [-0.1, -0.05) is 0 Å². The van der Waals surface area contributed by atoms with Crippen LogP contribution in [0.15, 0.2) is 21.7 Å². The van der Waals surface area contributed by atoms with Crippen molar-refractivity contribution in [2.45, 2.75) is 6.42 Å². The third-order valence-corrected chi connectivity index (χ3v) is 2.24. The van der Waals surface area contributed by atoms with Gasteiger partial charge in [-0.05, 0) is 22.0 Å². The Hall–Kier alpha value is -0.740. The normalized spacial score (nSPS) is 14.3. The molecule has 1 aliphatic heterocycles. The van der Waals surface area contributed by atoms with Gasteiger partial charge in [0.2, 0.25) is 0 Å². The number of hydrogen-bond acceptors (Lipinski definition) is 3. The third kappa shape index (κ3) is 1.28. The van der Waals surface area contributed by atoms with E-state index in [1.54, 1.807) is 6.20 Å². The molecule has 0 radical (unpaired) electrons. The predicted molar refractivity (Wildman–Crippen MR) is 51.8 cm³/mol. The molecule has 0 spiro atoms. The number of fused-ring (bicyclic) bond motifs is 1. The van der Waals surface area contributed by atoms with Crippen molar-refractivity contribution in [1.29, 1.82) is 0 Å². The van der Waals surface area contributed by atoms with E-state index >= 15 is 0 Å². The second kappa shape index (κ2) is 2.95. The largest absolute Gasteiger partial charge is 0.325 e. The minimum Gasteiger partial charge on any atom is -0.325 e. The maximum Gasteiger partial charge on any atom is 0.155 e. The van der Waals surface area contributed by atoms with Crippen molar-refractivity contribution in [2.75, 3.05) is 6.54 Å². The highest BCUT2D eigenvalue weighted by Gasteiger charge is 2.14. The molecule has 0 aromatic carbocycles. The minimum absolute atomic E-state index is 0.522. The first-order chi connectivity index (χ1) is 5.79. The van der Waals surface area contributed by atoms with Gasteiger partial charge in [0, 0.05) is 34.9 Å². The molecule has 1 aliphatic rings. The van der Waals surface area contributed by atoms with Crippen LogP contribution >= 0.6 is 15.9 Å². The molecule has 0 fully saturated rings. The van der Waals surface area contributed by atoms with Gasteiger partial charge in [-0.2, -0.15) is 0 Å². The highest BCUT2D eigenvalue weighted by Crippen LogP contribution is 2.26. The average Bonchev–Trinajstić information content (AvgIpc) is 2.46. The molecule has 0 amide bonds. The number of nitrogens with two attached hydrogens (primary N) is 1. The van der Waals surface area contributed by atoms with Crippen LogP contribution in [0.25, 0.3) is 0 Å². The summed E-state index contributed by atoms with van der Waals surface area (Å²) < 4.78 is 0.995. The van der Waals surface area contributed by atoms with E-state index in [2.05, 4.69) is 25.9 Å². The smallest absolute Gasteiger partial charge is 0.155 e. The van der Waals surface area contributed by atoms with Crippen LogP contribution in [0.1, 0.15) is 5.56 Å². The Morgan fingerprint density at radius 2 is 2.42 bits per heavy atom. The summed E-state index contributed by atoms with van der Waals surface area (Å²) in [5, 5.41) is 0. The molecule has 4 heteroatoms. The molecule has 3 nitrogen and oxygen atoms in total. The van der Waals surface area contributed by atoms with Crippen LogP contribution in [0.5, 0.6) is 0 Å². The van der Waals surface area contributed by atoms with Crippen molar-refractivity contribution in [3.05, 3.63) is 22.3 Å². The third-order valence-electron chi connectivity index (χ3n) is 1.80. The summed E-state index contributed by atoms with van der Waals surface area (Å²) in [6.45, 7) is 0.522. The van der Waals surface area contributed by atoms with E-state index < -0.39 is 0 Å². The summed E-state index contributed by atoms with van der Waals surface area (Å²) in [6.07, 6.45) is 2.60. The van der Waals surface area contributed by atoms with E-state index in [0.717, 1.165) is 28.0 Å². The van der Waals surface area contributed by atoms with E-state index in [1.807, 2.05) is 6.07 Å². The minimum atomic E-state index is 0.522. The fourth-order valence-electron chi connectivity index (χ4n) is 1.23. The SMILES string of the molecule is NCC1=Nc2ncc(Br)cc2C1. The average molecular weight is 226 g/mol. The Labute approximate surface area is 78.8 Å². The molecule has 0 saturated heterocycles. The lowest BCUT2D eigenvalue weighted by molar-refractivity contribution is 1.23. The van der Waals surface area contributed by atoms with Crippen LogP contribution < -0.4 is 5.73 Å². The topological polar surface area (TPSA) is 51.3 Å². The van der Waals surface area contributed by atoms with E-state index in [4.69, 9.17) is 5.73 Å². The van der Waals surface area contributed by atoms with Crippen LogP contribution in [0, 0.1) is 0 Å². The quantitative estimate of drug-likeness (QED) is 0.787. The number of rotatable bonds is 1. The predicted octanol–water partition coefficient (Wildman–Crippen LogP) is 1.43. The molecule has 2 heterocycles. The van der Waals surface area contributed by atoms with Gasteiger partial charge in [-0.25, -0.2) is 9.98 Å². The van der Waals surface area contributed by atoms with E-state index in [-0.39, 0.29) is 0 Å². The highest BCUT2D eigenvalue weighted by molar-refractivity contribution is 9.10. The van der Waals surface area contributed by atoms with Crippen LogP contribution in [0.2, 0.25) is 0 Å². The molecule has 62 valence electrons. The Morgan fingerprint density at radius 3 is 3.17 bits per heavy atom. The number of halogens is 1. The molecule has 0 atom stereocenters. The zero-order valence-corrected chi connectivity index (χ0v) is 8.00. The number of hydrogen-bond donors (Lipinski definition) is 1. The van der Waals surface area contributed by atoms with Gasteiger partial charge in [-0.3, -0.25) is 0 Å². The lowest BCUT2D eigenvalue weighted by atomic mass is 10.2. The zero-order valence-electron chi connectivity index (χ0n) is 6.42. The monoisotopic (exact) mass is 225 g/mol. The number of aromatic nitrogens is 1. The number of nitrogens with zero attached hydrogens (tertiary/aromatic N) is 2. The standard InChI is InChI=1S/C8H8BrN3/c9-6-1-5-2-7(3-10)12-8(5)11-4-6/h1,4H,2-3,10H2. The second-order valence-corrected chi connectivity index (χ2v) is 3.61. The van der Waals surface area contributed by atoms with Crippen LogP contribution in [-0.2, 0) is 6.42 Å². The Kier molecular flexibility index (Phi) is 1.94. The number of aliphatic imine (C=N–C) groups is 1. The summed E-state index contributed by atoms with van der Waals surface area (Å²) in [7, 11) is 0. The lowest BCUT2D eigenvalue weighted by Gasteiger charge is -1.95. The second-order valence-electron chi connectivity index (χ2n) is 2.70. The Bertz CT molecular complexity index is 346. The first kappa shape index (κ1) is 7.89. The molecule has 2 rings (SSSR count). The van der Waals surface area contributed by atoms with Crippen molar-refractivity contribution in [2.24, 2.45) is 10.7 Å². The number of pyridine rings is 1. The maximum absolute atomic E-state index is 5.48. The van der Waals surface area contributed by atoms with Gasteiger partial charge in [0.15, 0.2) is 5.82 Å². The van der Waals surface area contributed by atoms with Crippen LogP contribution in [-0.4, -0.2) is 17.2 Å². The van der Waals surface area contributed by atoms with Gasteiger partial charge in [-0.15, -0.1) is 0 Å². The summed E-state index contributed by atoms with van der Waals surface area (Å²) in [6, 6.07) is 2.04. The molecule has 0 saturated carbocycles. The lowest BCUT2D eigenvalue weighted by Crippen LogP contribution is -2.12. The Balaban J connectivity index is 2.40. The first-order valence-corrected chi connectivity index (χ1v) is 4.50.